The molecular formula is C24H35N5O2. The summed E-state index contributed by atoms with van der Waals surface area (Å²) in [6.45, 7) is 11.3. The number of carbonyl (C=O) groups is 1. The fourth-order valence-corrected chi connectivity index (χ4v) is 3.91. The summed E-state index contributed by atoms with van der Waals surface area (Å²) in [7, 11) is 0. The average Bonchev–Trinajstić information content (AvgIpc) is 2.76. The Kier molecular flexibility index (Phi) is 8.23. The molecule has 0 spiro atoms. The lowest BCUT2D eigenvalue weighted by atomic mass is 9.97. The van der Waals surface area contributed by atoms with Crippen LogP contribution in [0.25, 0.3) is 0 Å². The fraction of sp³-hybridized carbons (Fsp3) is 0.542. The van der Waals surface area contributed by atoms with Crippen LogP contribution in [-0.4, -0.2) is 53.6 Å². The average molecular weight is 426 g/mol. The maximum Gasteiger partial charge on any atom is 0.267 e. The van der Waals surface area contributed by atoms with E-state index < -0.39 is 5.91 Å². The van der Waals surface area contributed by atoms with Crippen LogP contribution >= 0.6 is 0 Å². The third-order valence-corrected chi connectivity index (χ3v) is 5.82. The van der Waals surface area contributed by atoms with Gasteiger partial charge in [-0.15, -0.1) is 0 Å². The molecule has 3 N–H and O–H groups in total. The number of aromatic nitrogens is 2. The molecule has 1 aliphatic rings. The molecule has 0 radical (unpaired) electrons. The minimum absolute atomic E-state index is 0.230. The van der Waals surface area contributed by atoms with E-state index in [1.165, 1.54) is 30.0 Å². The minimum atomic E-state index is -0.542. The molecule has 0 bridgehead atoms. The Hall–Kier alpha value is -2.67. The number of rotatable bonds is 10. The number of hydrogen-bond donors (Lipinski definition) is 2. The number of benzene rings is 1. The van der Waals surface area contributed by atoms with Gasteiger partial charge in [-0.25, -0.2) is 9.97 Å². The molecule has 0 saturated carbocycles. The summed E-state index contributed by atoms with van der Waals surface area (Å²) in [5.41, 5.74) is 8.02. The SMILES string of the molecule is Cc1ccc(C(C)C)c(OCC2CCN(CCCNc3nccc(C(N)=O)n3)CC2)c1. The smallest absolute Gasteiger partial charge is 0.267 e. The Labute approximate surface area is 185 Å². The number of amides is 1. The van der Waals surface area contributed by atoms with Crippen molar-refractivity contribution >= 4 is 11.9 Å². The van der Waals surface area contributed by atoms with Crippen molar-refractivity contribution in [3.8, 4) is 5.75 Å². The van der Waals surface area contributed by atoms with Crippen molar-refractivity contribution in [1.82, 2.24) is 14.9 Å². The van der Waals surface area contributed by atoms with Gasteiger partial charge in [-0.05, 0) is 80.9 Å². The fourth-order valence-electron chi connectivity index (χ4n) is 3.91. The number of primary amides is 1. The van der Waals surface area contributed by atoms with Crippen LogP contribution in [-0.2, 0) is 0 Å². The van der Waals surface area contributed by atoms with Crippen LogP contribution in [0.15, 0.2) is 30.5 Å². The van der Waals surface area contributed by atoms with Gasteiger partial charge in [-0.3, -0.25) is 4.79 Å². The molecule has 1 aliphatic heterocycles. The number of nitrogens with two attached hydrogens (primary N) is 1. The Morgan fingerprint density at radius 1 is 1.29 bits per heavy atom. The lowest BCUT2D eigenvalue weighted by Crippen LogP contribution is -2.36. The zero-order valence-corrected chi connectivity index (χ0v) is 18.9. The number of anilines is 1. The van der Waals surface area contributed by atoms with E-state index >= 15 is 0 Å². The molecule has 2 aromatic rings. The number of likely N-dealkylation sites (tertiary alicyclic amines) is 1. The number of piperidine rings is 1. The highest BCUT2D eigenvalue weighted by Gasteiger charge is 2.20. The number of ether oxygens (including phenoxy) is 1. The van der Waals surface area contributed by atoms with Crippen LogP contribution in [0.1, 0.15) is 60.6 Å². The highest BCUT2D eigenvalue weighted by atomic mass is 16.5. The highest BCUT2D eigenvalue weighted by molar-refractivity contribution is 5.90. The standard InChI is InChI=1S/C24H35N5O2/c1-17(2)20-6-5-18(3)15-22(20)31-16-19-8-13-29(14-9-19)12-4-10-26-24-27-11-7-21(28-24)23(25)30/h5-7,11,15,17,19H,4,8-10,12-14,16H2,1-3H3,(H2,25,30)(H,26,27,28). The normalized spacial score (nSPS) is 15.2. The minimum Gasteiger partial charge on any atom is -0.493 e. The molecule has 0 unspecified atom stereocenters. The molecule has 0 aliphatic carbocycles. The number of nitrogens with one attached hydrogen (secondary N) is 1. The van der Waals surface area contributed by atoms with Gasteiger partial charge in [0, 0.05) is 12.7 Å². The maximum atomic E-state index is 11.2. The number of carbonyl (C=O) groups excluding carboxylic acids is 1. The van der Waals surface area contributed by atoms with Crippen LogP contribution in [0.5, 0.6) is 5.75 Å². The molecule has 3 rings (SSSR count). The second-order valence-corrected chi connectivity index (χ2v) is 8.70. The molecule has 7 nitrogen and oxygen atoms in total. The molecule has 0 atom stereocenters. The molecule has 2 heterocycles. The van der Waals surface area contributed by atoms with Gasteiger partial charge in [-0.2, -0.15) is 0 Å². The van der Waals surface area contributed by atoms with Crippen LogP contribution in [0.3, 0.4) is 0 Å². The first-order valence-electron chi connectivity index (χ1n) is 11.2. The van der Waals surface area contributed by atoms with Gasteiger partial charge in [0.15, 0.2) is 0 Å². The number of nitrogens with zero attached hydrogens (tertiary/aromatic N) is 3. The van der Waals surface area contributed by atoms with Crippen LogP contribution in [0.2, 0.25) is 0 Å². The Balaban J connectivity index is 1.35. The second-order valence-electron chi connectivity index (χ2n) is 8.70. The van der Waals surface area contributed by atoms with E-state index in [1.54, 1.807) is 6.20 Å². The van der Waals surface area contributed by atoms with Crippen molar-refractivity contribution in [1.29, 1.82) is 0 Å². The van der Waals surface area contributed by atoms with Crippen molar-refractivity contribution in [3.63, 3.8) is 0 Å². The lowest BCUT2D eigenvalue weighted by molar-refractivity contribution is 0.0995. The van der Waals surface area contributed by atoms with E-state index in [4.69, 9.17) is 10.5 Å². The van der Waals surface area contributed by atoms with E-state index in [1.807, 2.05) is 0 Å². The summed E-state index contributed by atoms with van der Waals surface area (Å²) < 4.78 is 6.25. The van der Waals surface area contributed by atoms with Crippen molar-refractivity contribution < 1.29 is 9.53 Å². The van der Waals surface area contributed by atoms with Gasteiger partial charge < -0.3 is 20.7 Å². The molecule has 31 heavy (non-hydrogen) atoms. The van der Waals surface area contributed by atoms with Gasteiger partial charge in [0.1, 0.15) is 11.4 Å². The van der Waals surface area contributed by atoms with E-state index in [9.17, 15) is 4.79 Å². The van der Waals surface area contributed by atoms with E-state index in [0.29, 0.717) is 17.8 Å². The largest absolute Gasteiger partial charge is 0.493 e. The maximum absolute atomic E-state index is 11.2. The van der Waals surface area contributed by atoms with Crippen molar-refractivity contribution in [2.24, 2.45) is 11.7 Å². The third-order valence-electron chi connectivity index (χ3n) is 5.82. The van der Waals surface area contributed by atoms with Gasteiger partial charge in [-0.1, -0.05) is 26.0 Å². The Morgan fingerprint density at radius 2 is 2.06 bits per heavy atom. The van der Waals surface area contributed by atoms with Crippen LogP contribution in [0.4, 0.5) is 5.95 Å². The number of aryl methyl sites for hydroxylation is 1. The first kappa shape index (κ1) is 23.0. The monoisotopic (exact) mass is 425 g/mol. The Bertz CT molecular complexity index is 863. The highest BCUT2D eigenvalue weighted by Crippen LogP contribution is 2.29. The third kappa shape index (κ3) is 6.92. The predicted octanol–water partition coefficient (Wildman–Crippen LogP) is 3.60. The molecule has 1 aromatic carbocycles. The molecule has 1 saturated heterocycles. The second kappa shape index (κ2) is 11.1. The van der Waals surface area contributed by atoms with Gasteiger partial charge in [0.2, 0.25) is 5.95 Å². The predicted molar refractivity (Wildman–Crippen MR) is 124 cm³/mol. The summed E-state index contributed by atoms with van der Waals surface area (Å²) in [5, 5.41) is 3.17. The molecule has 1 fully saturated rings. The molecular weight excluding hydrogens is 390 g/mol. The molecule has 168 valence electrons. The first-order valence-corrected chi connectivity index (χ1v) is 11.2. The lowest BCUT2D eigenvalue weighted by Gasteiger charge is -2.32. The Morgan fingerprint density at radius 3 is 2.77 bits per heavy atom. The number of hydrogen-bond acceptors (Lipinski definition) is 6. The zero-order chi connectivity index (χ0) is 22.2. The molecule has 1 aromatic heterocycles. The summed E-state index contributed by atoms with van der Waals surface area (Å²) in [6, 6.07) is 8.04. The summed E-state index contributed by atoms with van der Waals surface area (Å²) in [4.78, 5) is 21.9. The van der Waals surface area contributed by atoms with E-state index in [2.05, 4.69) is 59.2 Å². The first-order chi connectivity index (χ1) is 14.9. The van der Waals surface area contributed by atoms with Gasteiger partial charge in [0.25, 0.3) is 5.91 Å². The van der Waals surface area contributed by atoms with Crippen molar-refractivity contribution in [3.05, 3.63) is 47.3 Å². The topological polar surface area (TPSA) is 93.4 Å². The van der Waals surface area contributed by atoms with E-state index in [-0.39, 0.29) is 5.69 Å². The van der Waals surface area contributed by atoms with Gasteiger partial charge >= 0.3 is 0 Å². The summed E-state index contributed by atoms with van der Waals surface area (Å²) in [5.74, 6) is 2.03. The van der Waals surface area contributed by atoms with E-state index in [0.717, 1.165) is 45.0 Å². The quantitative estimate of drug-likeness (QED) is 0.565. The summed E-state index contributed by atoms with van der Waals surface area (Å²) in [6.07, 6.45) is 4.87. The van der Waals surface area contributed by atoms with Crippen molar-refractivity contribution in [2.75, 3.05) is 38.1 Å². The van der Waals surface area contributed by atoms with Gasteiger partial charge in [0.05, 0.1) is 6.61 Å². The van der Waals surface area contributed by atoms with Crippen LogP contribution in [0, 0.1) is 12.8 Å². The van der Waals surface area contributed by atoms with Crippen LogP contribution < -0.4 is 15.8 Å². The van der Waals surface area contributed by atoms with Crippen molar-refractivity contribution in [2.45, 2.75) is 46.0 Å². The summed E-state index contributed by atoms with van der Waals surface area (Å²) >= 11 is 0. The zero-order valence-electron chi connectivity index (χ0n) is 18.9. The molecule has 1 amide bonds. The molecule has 7 heteroatoms.